The van der Waals surface area contributed by atoms with Gasteiger partial charge in [-0.2, -0.15) is 5.10 Å². The molecular formula is C23H40IN7. The normalized spacial score (nSPS) is 13.7. The van der Waals surface area contributed by atoms with Gasteiger partial charge in [-0.25, -0.2) is 0 Å². The highest BCUT2D eigenvalue weighted by Crippen LogP contribution is 2.21. The molecule has 0 spiro atoms. The standard InChI is InChI=1S/C23H39N7.HI/c1-7-24-23(25-16-21(28(4)5)20-15-27-29(6)18-20)26-17-22(30(8-2)9-3)19-13-11-10-12-14-19;/h10-15,18,21-22H,7-9,16-17H2,1-6H3,(H2,24,25,26);1H. The number of halogens is 1. The van der Waals surface area contributed by atoms with Gasteiger partial charge in [0.1, 0.15) is 0 Å². The van der Waals surface area contributed by atoms with Gasteiger partial charge in [0.25, 0.3) is 0 Å². The molecule has 31 heavy (non-hydrogen) atoms. The van der Waals surface area contributed by atoms with E-state index >= 15 is 0 Å². The summed E-state index contributed by atoms with van der Waals surface area (Å²) in [6.07, 6.45) is 4.00. The lowest BCUT2D eigenvalue weighted by atomic mass is 10.1. The van der Waals surface area contributed by atoms with Crippen molar-refractivity contribution in [2.24, 2.45) is 12.0 Å². The topological polar surface area (TPSA) is 60.7 Å². The van der Waals surface area contributed by atoms with Crippen LogP contribution in [0.3, 0.4) is 0 Å². The molecule has 2 atom stereocenters. The van der Waals surface area contributed by atoms with E-state index in [2.05, 4.69) is 96.9 Å². The predicted octanol–water partition coefficient (Wildman–Crippen LogP) is 3.28. The first-order valence-corrected chi connectivity index (χ1v) is 11.0. The first-order chi connectivity index (χ1) is 14.5. The summed E-state index contributed by atoms with van der Waals surface area (Å²) >= 11 is 0. The van der Waals surface area contributed by atoms with E-state index in [1.165, 1.54) is 11.1 Å². The molecule has 1 aromatic heterocycles. The number of hydrogen-bond acceptors (Lipinski definition) is 4. The number of aryl methyl sites for hydroxylation is 1. The van der Waals surface area contributed by atoms with Crippen molar-refractivity contribution < 1.29 is 0 Å². The van der Waals surface area contributed by atoms with Crippen LogP contribution in [-0.4, -0.2) is 72.4 Å². The molecule has 0 radical (unpaired) electrons. The second kappa shape index (κ2) is 14.4. The zero-order valence-electron chi connectivity index (χ0n) is 19.9. The molecule has 2 rings (SSSR count). The lowest BCUT2D eigenvalue weighted by molar-refractivity contribution is 0.224. The molecule has 0 aliphatic rings. The molecular weight excluding hydrogens is 501 g/mol. The van der Waals surface area contributed by atoms with Gasteiger partial charge in [0.15, 0.2) is 5.96 Å². The number of benzene rings is 1. The van der Waals surface area contributed by atoms with Crippen LogP contribution >= 0.6 is 24.0 Å². The maximum Gasteiger partial charge on any atom is 0.191 e. The Bertz CT molecular complexity index is 756. The number of likely N-dealkylation sites (N-methyl/N-ethyl adjacent to an activating group) is 2. The zero-order chi connectivity index (χ0) is 21.9. The van der Waals surface area contributed by atoms with Crippen molar-refractivity contribution in [1.29, 1.82) is 0 Å². The molecule has 0 aliphatic heterocycles. The summed E-state index contributed by atoms with van der Waals surface area (Å²) in [5.74, 6) is 0.848. The van der Waals surface area contributed by atoms with E-state index in [4.69, 9.17) is 4.99 Å². The number of nitrogens with one attached hydrogen (secondary N) is 2. The average Bonchev–Trinajstić information content (AvgIpc) is 3.17. The summed E-state index contributed by atoms with van der Waals surface area (Å²) in [4.78, 5) is 9.61. The number of nitrogens with zero attached hydrogens (tertiary/aromatic N) is 5. The third-order valence-corrected chi connectivity index (χ3v) is 5.40. The Labute approximate surface area is 205 Å². The van der Waals surface area contributed by atoms with Crippen LogP contribution in [-0.2, 0) is 7.05 Å². The second-order valence-electron chi connectivity index (χ2n) is 7.67. The molecule has 1 heterocycles. The highest BCUT2D eigenvalue weighted by Gasteiger charge is 2.19. The monoisotopic (exact) mass is 541 g/mol. The number of rotatable bonds is 11. The van der Waals surface area contributed by atoms with Crippen molar-refractivity contribution in [3.8, 4) is 0 Å². The third kappa shape index (κ3) is 8.42. The molecule has 2 aromatic rings. The molecule has 2 N–H and O–H groups in total. The summed E-state index contributed by atoms with van der Waals surface area (Å²) in [7, 11) is 6.14. The van der Waals surface area contributed by atoms with E-state index in [0.717, 1.165) is 32.1 Å². The van der Waals surface area contributed by atoms with Gasteiger partial charge in [0.05, 0.1) is 24.8 Å². The van der Waals surface area contributed by atoms with Crippen molar-refractivity contribution in [1.82, 2.24) is 30.2 Å². The molecule has 0 saturated heterocycles. The van der Waals surface area contributed by atoms with E-state index in [-0.39, 0.29) is 36.1 Å². The predicted molar refractivity (Wildman–Crippen MR) is 141 cm³/mol. The van der Waals surface area contributed by atoms with Crippen LogP contribution in [0.15, 0.2) is 47.7 Å². The largest absolute Gasteiger partial charge is 0.357 e. The van der Waals surface area contributed by atoms with E-state index < -0.39 is 0 Å². The van der Waals surface area contributed by atoms with Gasteiger partial charge in [0, 0.05) is 31.9 Å². The van der Waals surface area contributed by atoms with Crippen molar-refractivity contribution >= 4 is 29.9 Å². The summed E-state index contributed by atoms with van der Waals surface area (Å²) < 4.78 is 1.85. The fourth-order valence-electron chi connectivity index (χ4n) is 3.69. The molecule has 174 valence electrons. The Morgan fingerprint density at radius 1 is 1.03 bits per heavy atom. The second-order valence-corrected chi connectivity index (χ2v) is 7.67. The minimum absolute atomic E-state index is 0. The van der Waals surface area contributed by atoms with Crippen LogP contribution in [0, 0.1) is 0 Å². The minimum Gasteiger partial charge on any atom is -0.357 e. The van der Waals surface area contributed by atoms with Gasteiger partial charge >= 0.3 is 0 Å². The first-order valence-electron chi connectivity index (χ1n) is 11.0. The van der Waals surface area contributed by atoms with Crippen LogP contribution < -0.4 is 10.6 Å². The SMILES string of the molecule is CCNC(=NCC(c1ccccc1)N(CC)CC)NCC(c1cnn(C)c1)N(C)C.I. The number of guanidine groups is 1. The molecule has 2 unspecified atom stereocenters. The van der Waals surface area contributed by atoms with E-state index in [1.54, 1.807) is 0 Å². The van der Waals surface area contributed by atoms with Crippen LogP contribution in [0.2, 0.25) is 0 Å². The smallest absolute Gasteiger partial charge is 0.191 e. The van der Waals surface area contributed by atoms with Crippen molar-refractivity contribution in [2.75, 3.05) is 46.8 Å². The van der Waals surface area contributed by atoms with Crippen LogP contribution in [0.25, 0.3) is 0 Å². The number of aliphatic imine (C=N–C) groups is 1. The fraction of sp³-hybridized carbons (Fsp3) is 0.565. The Balaban J connectivity index is 0.00000480. The summed E-state index contributed by atoms with van der Waals surface area (Å²) in [5, 5.41) is 11.3. The summed E-state index contributed by atoms with van der Waals surface area (Å²) in [6.45, 7) is 10.8. The average molecular weight is 542 g/mol. The Morgan fingerprint density at radius 2 is 1.71 bits per heavy atom. The first kappa shape index (κ1) is 27.4. The highest BCUT2D eigenvalue weighted by molar-refractivity contribution is 14.0. The highest BCUT2D eigenvalue weighted by atomic mass is 127. The van der Waals surface area contributed by atoms with Crippen molar-refractivity contribution in [2.45, 2.75) is 32.9 Å². The number of aromatic nitrogens is 2. The lowest BCUT2D eigenvalue weighted by Crippen LogP contribution is -2.42. The van der Waals surface area contributed by atoms with Crippen LogP contribution in [0.5, 0.6) is 0 Å². The van der Waals surface area contributed by atoms with Crippen LogP contribution in [0.4, 0.5) is 0 Å². The molecule has 0 saturated carbocycles. The molecule has 0 fully saturated rings. The molecule has 8 heteroatoms. The van der Waals surface area contributed by atoms with Crippen molar-refractivity contribution in [3.05, 3.63) is 53.9 Å². The van der Waals surface area contributed by atoms with Gasteiger partial charge in [-0.15, -0.1) is 24.0 Å². The maximum atomic E-state index is 4.95. The molecule has 0 amide bonds. The zero-order valence-corrected chi connectivity index (χ0v) is 22.2. The quantitative estimate of drug-likeness (QED) is 0.260. The van der Waals surface area contributed by atoms with Gasteiger partial charge in [-0.1, -0.05) is 44.2 Å². The molecule has 7 nitrogen and oxygen atoms in total. The third-order valence-electron chi connectivity index (χ3n) is 5.40. The molecule has 1 aromatic carbocycles. The van der Waals surface area contributed by atoms with E-state index in [1.807, 2.05) is 17.9 Å². The van der Waals surface area contributed by atoms with Crippen molar-refractivity contribution in [3.63, 3.8) is 0 Å². The van der Waals surface area contributed by atoms with Gasteiger partial charge < -0.3 is 15.5 Å². The molecule has 0 bridgehead atoms. The van der Waals surface area contributed by atoms with Gasteiger partial charge in [0.2, 0.25) is 0 Å². The number of hydrogen-bond donors (Lipinski definition) is 2. The van der Waals surface area contributed by atoms with Gasteiger partial charge in [-0.05, 0) is 39.7 Å². The molecule has 0 aliphatic carbocycles. The fourth-order valence-corrected chi connectivity index (χ4v) is 3.69. The Kier molecular flexibility index (Phi) is 12.7. The minimum atomic E-state index is 0. The summed E-state index contributed by atoms with van der Waals surface area (Å²) in [5.41, 5.74) is 2.50. The van der Waals surface area contributed by atoms with E-state index in [0.29, 0.717) is 6.54 Å². The summed E-state index contributed by atoms with van der Waals surface area (Å²) in [6, 6.07) is 11.2. The lowest BCUT2D eigenvalue weighted by Gasteiger charge is -2.29. The Hall–Kier alpha value is -1.65. The van der Waals surface area contributed by atoms with Gasteiger partial charge in [-0.3, -0.25) is 14.6 Å². The maximum absolute atomic E-state index is 4.95. The Morgan fingerprint density at radius 3 is 2.23 bits per heavy atom. The van der Waals surface area contributed by atoms with Crippen LogP contribution in [0.1, 0.15) is 44.0 Å². The van der Waals surface area contributed by atoms with E-state index in [9.17, 15) is 0 Å².